The largest absolute Gasteiger partial charge is 0.377 e. The summed E-state index contributed by atoms with van der Waals surface area (Å²) >= 11 is 0. The molecule has 0 bridgehead atoms. The second kappa shape index (κ2) is 6.91. The highest BCUT2D eigenvalue weighted by molar-refractivity contribution is 5.47. The highest BCUT2D eigenvalue weighted by Crippen LogP contribution is 2.14. The van der Waals surface area contributed by atoms with Crippen LogP contribution in [0.25, 0.3) is 0 Å². The van der Waals surface area contributed by atoms with E-state index in [1.807, 2.05) is 0 Å². The summed E-state index contributed by atoms with van der Waals surface area (Å²) in [5.74, 6) is 4.92. The summed E-state index contributed by atoms with van der Waals surface area (Å²) in [5, 5.41) is 2.99. The second-order valence-corrected chi connectivity index (χ2v) is 4.23. The maximum Gasteiger partial charge on any atom is 0.159 e. The van der Waals surface area contributed by atoms with Gasteiger partial charge in [0.05, 0.1) is 0 Å². The summed E-state index contributed by atoms with van der Waals surface area (Å²) in [6, 6.07) is 5.29. The fraction of sp³-hybridized carbons (Fsp3) is 0.231. The third-order valence-electron chi connectivity index (χ3n) is 2.65. The molecule has 1 aromatic heterocycles. The molecule has 0 radical (unpaired) electrons. The van der Waals surface area contributed by atoms with Gasteiger partial charge in [-0.1, -0.05) is 6.07 Å². The minimum absolute atomic E-state index is 0.232. The van der Waals surface area contributed by atoms with Crippen molar-refractivity contribution in [1.29, 1.82) is 0 Å². The van der Waals surface area contributed by atoms with E-state index in [0.717, 1.165) is 12.1 Å². The highest BCUT2D eigenvalue weighted by atomic mass is 19.2. The lowest BCUT2D eigenvalue weighted by Crippen LogP contribution is -2.12. The number of rotatable bonds is 6. The molecule has 0 spiro atoms. The van der Waals surface area contributed by atoms with Gasteiger partial charge in [-0.25, -0.2) is 24.6 Å². The summed E-state index contributed by atoms with van der Waals surface area (Å²) in [4.78, 5) is 8.32. The van der Waals surface area contributed by atoms with E-state index in [1.54, 1.807) is 6.07 Å². The van der Waals surface area contributed by atoms with Gasteiger partial charge in [-0.05, 0) is 17.7 Å². The molecule has 0 aliphatic carbocycles. The Morgan fingerprint density at radius 1 is 1.14 bits per heavy atom. The Kier molecular flexibility index (Phi) is 4.96. The molecule has 6 nitrogen and oxygen atoms in total. The van der Waals surface area contributed by atoms with Crippen LogP contribution in [-0.2, 0) is 17.9 Å². The maximum absolute atomic E-state index is 13.1. The Morgan fingerprint density at radius 3 is 2.57 bits per heavy atom. The average Bonchev–Trinajstić information content (AvgIpc) is 2.48. The molecule has 0 unspecified atom stereocenters. The number of ether oxygens (including phenoxy) is 1. The SMILES string of the molecule is COCc1nc(NN)cc(NCc2ccc(F)c(F)c2)n1. The van der Waals surface area contributed by atoms with E-state index in [2.05, 4.69) is 20.7 Å². The minimum Gasteiger partial charge on any atom is -0.377 e. The first kappa shape index (κ1) is 15.1. The van der Waals surface area contributed by atoms with Crippen LogP contribution in [0.3, 0.4) is 0 Å². The molecule has 2 rings (SSSR count). The number of methoxy groups -OCH3 is 1. The molecular formula is C13H15F2N5O. The van der Waals surface area contributed by atoms with Crippen LogP contribution in [0.15, 0.2) is 24.3 Å². The standard InChI is InChI=1S/C13H15F2N5O/c1-21-7-13-18-11(5-12(19-13)20-16)17-6-8-2-3-9(14)10(15)4-8/h2-5H,6-7,16H2,1H3,(H2,17,18,19,20). The Bertz CT molecular complexity index is 624. The molecule has 0 amide bonds. The van der Waals surface area contributed by atoms with Crippen LogP contribution < -0.4 is 16.6 Å². The molecule has 0 saturated heterocycles. The predicted molar refractivity (Wildman–Crippen MR) is 74.2 cm³/mol. The number of aromatic nitrogens is 2. The number of hydrogen-bond donors (Lipinski definition) is 3. The lowest BCUT2D eigenvalue weighted by atomic mass is 10.2. The molecule has 0 saturated carbocycles. The van der Waals surface area contributed by atoms with Gasteiger partial charge in [0.1, 0.15) is 18.2 Å². The Hall–Kier alpha value is -2.32. The van der Waals surface area contributed by atoms with Gasteiger partial charge in [0.25, 0.3) is 0 Å². The van der Waals surface area contributed by atoms with Gasteiger partial charge in [0.15, 0.2) is 17.5 Å². The van der Waals surface area contributed by atoms with Gasteiger partial charge in [-0.3, -0.25) is 0 Å². The molecule has 112 valence electrons. The van der Waals surface area contributed by atoms with Crippen molar-refractivity contribution in [3.05, 3.63) is 47.3 Å². The number of hydrogen-bond acceptors (Lipinski definition) is 6. The lowest BCUT2D eigenvalue weighted by molar-refractivity contribution is 0.178. The van der Waals surface area contributed by atoms with Crippen molar-refractivity contribution in [3.8, 4) is 0 Å². The molecule has 8 heteroatoms. The number of benzene rings is 1. The van der Waals surface area contributed by atoms with Crippen LogP contribution in [0.2, 0.25) is 0 Å². The van der Waals surface area contributed by atoms with Crippen LogP contribution in [-0.4, -0.2) is 17.1 Å². The summed E-state index contributed by atoms with van der Waals surface area (Å²) < 4.78 is 30.9. The van der Waals surface area contributed by atoms with Crippen molar-refractivity contribution >= 4 is 11.6 Å². The van der Waals surface area contributed by atoms with Crippen molar-refractivity contribution in [1.82, 2.24) is 9.97 Å². The summed E-state index contributed by atoms with van der Waals surface area (Å²) in [5.41, 5.74) is 3.01. The van der Waals surface area contributed by atoms with Crippen molar-refractivity contribution in [2.24, 2.45) is 5.84 Å². The molecule has 0 aliphatic rings. The zero-order chi connectivity index (χ0) is 15.2. The smallest absolute Gasteiger partial charge is 0.159 e. The third kappa shape index (κ3) is 4.07. The molecule has 4 N–H and O–H groups in total. The number of nitrogens with one attached hydrogen (secondary N) is 2. The van der Waals surface area contributed by atoms with Gasteiger partial charge in [0, 0.05) is 19.7 Å². The average molecular weight is 295 g/mol. The zero-order valence-corrected chi connectivity index (χ0v) is 11.4. The van der Waals surface area contributed by atoms with Crippen molar-refractivity contribution in [2.75, 3.05) is 17.9 Å². The lowest BCUT2D eigenvalue weighted by Gasteiger charge is -2.09. The molecule has 21 heavy (non-hydrogen) atoms. The summed E-state index contributed by atoms with van der Waals surface area (Å²) in [7, 11) is 1.53. The molecule has 1 aromatic carbocycles. The Labute approximate surface area is 120 Å². The molecular weight excluding hydrogens is 280 g/mol. The fourth-order valence-electron chi connectivity index (χ4n) is 1.70. The van der Waals surface area contributed by atoms with E-state index < -0.39 is 11.6 Å². The van der Waals surface area contributed by atoms with Gasteiger partial charge < -0.3 is 15.5 Å². The third-order valence-corrected chi connectivity index (χ3v) is 2.65. The van der Waals surface area contributed by atoms with Crippen molar-refractivity contribution < 1.29 is 13.5 Å². The Morgan fingerprint density at radius 2 is 1.90 bits per heavy atom. The van der Waals surface area contributed by atoms with Crippen molar-refractivity contribution in [2.45, 2.75) is 13.2 Å². The topological polar surface area (TPSA) is 85.1 Å². The van der Waals surface area contributed by atoms with E-state index in [1.165, 1.54) is 13.2 Å². The monoisotopic (exact) mass is 295 g/mol. The van der Waals surface area contributed by atoms with Crippen LogP contribution >= 0.6 is 0 Å². The molecule has 0 atom stereocenters. The van der Waals surface area contributed by atoms with E-state index in [9.17, 15) is 8.78 Å². The second-order valence-electron chi connectivity index (χ2n) is 4.23. The first-order valence-electron chi connectivity index (χ1n) is 6.13. The summed E-state index contributed by atoms with van der Waals surface area (Å²) in [6.07, 6.45) is 0. The van der Waals surface area contributed by atoms with Crippen LogP contribution in [0, 0.1) is 11.6 Å². The van der Waals surface area contributed by atoms with E-state index in [0.29, 0.717) is 23.0 Å². The highest BCUT2D eigenvalue weighted by Gasteiger charge is 2.06. The number of halogens is 2. The number of nitrogens with two attached hydrogens (primary N) is 1. The summed E-state index contributed by atoms with van der Waals surface area (Å²) in [6.45, 7) is 0.514. The first-order valence-corrected chi connectivity index (χ1v) is 6.13. The zero-order valence-electron chi connectivity index (χ0n) is 11.4. The van der Waals surface area contributed by atoms with Gasteiger partial charge in [-0.2, -0.15) is 0 Å². The number of nitrogens with zero attached hydrogens (tertiary/aromatic N) is 2. The number of hydrazine groups is 1. The Balaban J connectivity index is 2.11. The van der Waals surface area contributed by atoms with Crippen LogP contribution in [0.4, 0.5) is 20.4 Å². The number of nitrogen functional groups attached to an aromatic ring is 1. The van der Waals surface area contributed by atoms with E-state index >= 15 is 0 Å². The quantitative estimate of drug-likeness (QED) is 0.556. The van der Waals surface area contributed by atoms with Gasteiger partial charge in [-0.15, -0.1) is 0 Å². The van der Waals surface area contributed by atoms with E-state index in [4.69, 9.17) is 10.6 Å². The van der Waals surface area contributed by atoms with E-state index in [-0.39, 0.29) is 13.2 Å². The van der Waals surface area contributed by atoms with Crippen LogP contribution in [0.1, 0.15) is 11.4 Å². The first-order chi connectivity index (χ1) is 10.1. The minimum atomic E-state index is -0.888. The molecule has 2 aromatic rings. The predicted octanol–water partition coefficient (Wildman–Crippen LogP) is 1.80. The van der Waals surface area contributed by atoms with Gasteiger partial charge >= 0.3 is 0 Å². The van der Waals surface area contributed by atoms with Crippen LogP contribution in [0.5, 0.6) is 0 Å². The van der Waals surface area contributed by atoms with Crippen molar-refractivity contribution in [3.63, 3.8) is 0 Å². The normalized spacial score (nSPS) is 10.5. The van der Waals surface area contributed by atoms with Gasteiger partial charge in [0.2, 0.25) is 0 Å². The fourth-order valence-corrected chi connectivity index (χ4v) is 1.70. The number of anilines is 2. The maximum atomic E-state index is 13.1. The molecule has 0 aliphatic heterocycles. The molecule has 1 heterocycles. The molecule has 0 fully saturated rings.